The van der Waals surface area contributed by atoms with Crippen molar-refractivity contribution in [3.8, 4) is 0 Å². The van der Waals surface area contributed by atoms with Gasteiger partial charge in [-0.1, -0.05) is 36.8 Å². The number of rotatable bonds is 2. The lowest BCUT2D eigenvalue weighted by Crippen LogP contribution is -2.50. The van der Waals surface area contributed by atoms with Crippen LogP contribution in [0.15, 0.2) is 24.3 Å². The Morgan fingerprint density at radius 3 is 2.79 bits per heavy atom. The zero-order valence-corrected chi connectivity index (χ0v) is 8.58. The zero-order chi connectivity index (χ0) is 10.1. The first kappa shape index (κ1) is 9.25. The van der Waals surface area contributed by atoms with Gasteiger partial charge < -0.3 is 5.32 Å². The van der Waals surface area contributed by atoms with Crippen molar-refractivity contribution in [2.24, 2.45) is 5.92 Å². The highest BCUT2D eigenvalue weighted by atomic mass is 16.2. The minimum absolute atomic E-state index is 0.178. The summed E-state index contributed by atoms with van der Waals surface area (Å²) in [5.74, 6) is 0.708. The molecule has 1 saturated heterocycles. The van der Waals surface area contributed by atoms with Crippen molar-refractivity contribution in [2.45, 2.75) is 19.8 Å². The monoisotopic (exact) mass is 189 g/mol. The van der Waals surface area contributed by atoms with Crippen molar-refractivity contribution in [1.29, 1.82) is 0 Å². The van der Waals surface area contributed by atoms with Gasteiger partial charge in [-0.15, -0.1) is 0 Å². The molecule has 1 aliphatic rings. The van der Waals surface area contributed by atoms with E-state index in [0.29, 0.717) is 5.92 Å². The Kier molecular flexibility index (Phi) is 2.28. The lowest BCUT2D eigenvalue weighted by molar-refractivity contribution is -0.131. The highest BCUT2D eigenvalue weighted by molar-refractivity contribution is 5.85. The number of carbonyl (C=O) groups excluding carboxylic acids is 1. The molecule has 2 unspecified atom stereocenters. The van der Waals surface area contributed by atoms with E-state index in [4.69, 9.17) is 0 Å². The van der Waals surface area contributed by atoms with Crippen molar-refractivity contribution in [2.75, 3.05) is 6.54 Å². The topological polar surface area (TPSA) is 29.1 Å². The van der Waals surface area contributed by atoms with Crippen molar-refractivity contribution >= 4 is 5.91 Å². The fourth-order valence-corrected chi connectivity index (χ4v) is 1.89. The van der Waals surface area contributed by atoms with Gasteiger partial charge >= 0.3 is 0 Å². The first-order valence-electron chi connectivity index (χ1n) is 5.03. The lowest BCUT2D eigenvalue weighted by Gasteiger charge is -2.31. The molecule has 0 radical (unpaired) electrons. The van der Waals surface area contributed by atoms with E-state index in [2.05, 4.69) is 43.4 Å². The van der Waals surface area contributed by atoms with E-state index in [1.165, 1.54) is 11.1 Å². The summed E-state index contributed by atoms with van der Waals surface area (Å²) in [7, 11) is 0. The number of hydrogen-bond acceptors (Lipinski definition) is 1. The predicted octanol–water partition coefficient (Wildman–Crippen LogP) is 1.84. The van der Waals surface area contributed by atoms with Crippen LogP contribution in [-0.4, -0.2) is 12.5 Å². The first-order valence-corrected chi connectivity index (χ1v) is 5.03. The maximum atomic E-state index is 11.2. The van der Waals surface area contributed by atoms with Gasteiger partial charge in [-0.25, -0.2) is 0 Å². The normalized spacial score (nSPS) is 22.4. The van der Waals surface area contributed by atoms with E-state index >= 15 is 0 Å². The molecule has 2 heteroatoms. The van der Waals surface area contributed by atoms with Gasteiger partial charge in [-0.2, -0.15) is 0 Å². The molecule has 1 heterocycles. The molecule has 1 aromatic rings. The van der Waals surface area contributed by atoms with Crippen LogP contribution in [-0.2, 0) is 4.79 Å². The summed E-state index contributed by atoms with van der Waals surface area (Å²) in [6.45, 7) is 5.03. The molecule has 0 spiro atoms. The SMILES string of the molecule is Cc1cccc(C(C)C2CNC2=O)c1. The molecule has 1 aromatic carbocycles. The van der Waals surface area contributed by atoms with Gasteiger partial charge in [0, 0.05) is 6.54 Å². The number of β-lactam (4-membered cyclic amide) rings is 1. The minimum atomic E-state index is 0.178. The van der Waals surface area contributed by atoms with Crippen LogP contribution in [0.2, 0.25) is 0 Å². The Bertz CT molecular complexity index is 359. The summed E-state index contributed by atoms with van der Waals surface area (Å²) in [5.41, 5.74) is 2.53. The molecule has 2 nitrogen and oxygen atoms in total. The average Bonchev–Trinajstić information content (AvgIpc) is 2.15. The number of carbonyl (C=O) groups is 1. The van der Waals surface area contributed by atoms with Crippen molar-refractivity contribution < 1.29 is 4.79 Å². The third-order valence-corrected chi connectivity index (χ3v) is 3.00. The Morgan fingerprint density at radius 2 is 2.29 bits per heavy atom. The van der Waals surface area contributed by atoms with Crippen LogP contribution < -0.4 is 5.32 Å². The summed E-state index contributed by atoms with van der Waals surface area (Å²) < 4.78 is 0. The molecular formula is C12H15NO. The Morgan fingerprint density at radius 1 is 1.50 bits per heavy atom. The molecule has 74 valence electrons. The average molecular weight is 189 g/mol. The van der Waals surface area contributed by atoms with Gasteiger partial charge in [0.2, 0.25) is 5.91 Å². The first-order chi connectivity index (χ1) is 6.68. The van der Waals surface area contributed by atoms with Crippen molar-refractivity contribution in [3.63, 3.8) is 0 Å². The quantitative estimate of drug-likeness (QED) is 0.707. The van der Waals surface area contributed by atoms with E-state index in [9.17, 15) is 4.79 Å². The number of amides is 1. The smallest absolute Gasteiger partial charge is 0.225 e. The van der Waals surface area contributed by atoms with E-state index in [0.717, 1.165) is 6.54 Å². The predicted molar refractivity (Wildman–Crippen MR) is 56.1 cm³/mol. The maximum Gasteiger partial charge on any atom is 0.225 e. The molecule has 0 aromatic heterocycles. The van der Waals surface area contributed by atoms with Crippen LogP contribution in [0, 0.1) is 12.8 Å². The van der Waals surface area contributed by atoms with Gasteiger partial charge in [-0.05, 0) is 18.4 Å². The summed E-state index contributed by atoms with van der Waals surface area (Å²) in [6, 6.07) is 8.40. The number of nitrogens with one attached hydrogen (secondary N) is 1. The summed E-state index contributed by atoms with van der Waals surface area (Å²) in [4.78, 5) is 11.2. The molecule has 1 N–H and O–H groups in total. The number of aryl methyl sites for hydroxylation is 1. The highest BCUT2D eigenvalue weighted by Gasteiger charge is 2.33. The van der Waals surface area contributed by atoms with Gasteiger partial charge in [-0.3, -0.25) is 4.79 Å². The van der Waals surface area contributed by atoms with Crippen LogP contribution in [0.3, 0.4) is 0 Å². The van der Waals surface area contributed by atoms with Gasteiger partial charge in [0.15, 0.2) is 0 Å². The minimum Gasteiger partial charge on any atom is -0.355 e. The summed E-state index contributed by atoms with van der Waals surface area (Å²) in [6.07, 6.45) is 0. The van der Waals surface area contributed by atoms with Gasteiger partial charge in [0.05, 0.1) is 5.92 Å². The molecule has 0 bridgehead atoms. The highest BCUT2D eigenvalue weighted by Crippen LogP contribution is 2.28. The molecule has 1 amide bonds. The van der Waals surface area contributed by atoms with E-state index in [-0.39, 0.29) is 11.8 Å². The Labute approximate surface area is 84.3 Å². The fourth-order valence-electron chi connectivity index (χ4n) is 1.89. The summed E-state index contributed by atoms with van der Waals surface area (Å²) >= 11 is 0. The largest absolute Gasteiger partial charge is 0.355 e. The molecule has 2 atom stereocenters. The summed E-state index contributed by atoms with van der Waals surface area (Å²) in [5, 5.41) is 2.78. The maximum absolute atomic E-state index is 11.2. The van der Waals surface area contributed by atoms with E-state index in [1.54, 1.807) is 0 Å². The van der Waals surface area contributed by atoms with Gasteiger partial charge in [0.25, 0.3) is 0 Å². The van der Waals surface area contributed by atoms with E-state index < -0.39 is 0 Å². The van der Waals surface area contributed by atoms with Crippen molar-refractivity contribution in [1.82, 2.24) is 5.32 Å². The third kappa shape index (κ3) is 1.52. The van der Waals surface area contributed by atoms with Crippen LogP contribution in [0.1, 0.15) is 24.0 Å². The van der Waals surface area contributed by atoms with Crippen LogP contribution in [0.5, 0.6) is 0 Å². The molecule has 1 fully saturated rings. The molecule has 0 saturated carbocycles. The standard InChI is InChI=1S/C12H15NO/c1-8-4-3-5-10(6-8)9(2)11-7-13-12(11)14/h3-6,9,11H,7H2,1-2H3,(H,13,14). The molecule has 0 aliphatic carbocycles. The zero-order valence-electron chi connectivity index (χ0n) is 8.58. The van der Waals surface area contributed by atoms with Crippen LogP contribution in [0.4, 0.5) is 0 Å². The lowest BCUT2D eigenvalue weighted by atomic mass is 9.83. The Balaban J connectivity index is 2.18. The molecule has 1 aliphatic heterocycles. The third-order valence-electron chi connectivity index (χ3n) is 3.00. The second-order valence-electron chi connectivity index (χ2n) is 4.05. The second-order valence-corrected chi connectivity index (χ2v) is 4.05. The second kappa shape index (κ2) is 3.45. The van der Waals surface area contributed by atoms with Crippen LogP contribution in [0.25, 0.3) is 0 Å². The molecular weight excluding hydrogens is 174 g/mol. The number of hydrogen-bond donors (Lipinski definition) is 1. The van der Waals surface area contributed by atoms with Crippen molar-refractivity contribution in [3.05, 3.63) is 35.4 Å². The van der Waals surface area contributed by atoms with Crippen LogP contribution >= 0.6 is 0 Å². The van der Waals surface area contributed by atoms with Gasteiger partial charge in [0.1, 0.15) is 0 Å². The number of benzene rings is 1. The molecule has 14 heavy (non-hydrogen) atoms. The Hall–Kier alpha value is -1.31. The molecule has 2 rings (SSSR count). The van der Waals surface area contributed by atoms with E-state index in [1.807, 2.05) is 0 Å². The fraction of sp³-hybridized carbons (Fsp3) is 0.417.